The van der Waals surface area contributed by atoms with E-state index in [-0.39, 0.29) is 6.04 Å². The molecule has 1 N–H and O–H groups in total. The number of pyridine rings is 1. The lowest BCUT2D eigenvalue weighted by Crippen LogP contribution is -2.44. The number of anilines is 4. The summed E-state index contributed by atoms with van der Waals surface area (Å²) in [7, 11) is 2.18. The molecule has 0 spiro atoms. The Kier molecular flexibility index (Phi) is 5.56. The number of nitrogens with zero attached hydrogens (tertiary/aromatic N) is 7. The fraction of sp³-hybridized carbons (Fsp3) is 0.280. The molecule has 34 heavy (non-hydrogen) atoms. The van der Waals surface area contributed by atoms with E-state index in [0.29, 0.717) is 5.95 Å². The van der Waals surface area contributed by atoms with E-state index in [4.69, 9.17) is 9.97 Å². The average molecular weight is 471 g/mol. The molecular formula is C25H26N8S. The number of benzene rings is 1. The van der Waals surface area contributed by atoms with Crippen molar-refractivity contribution in [3.8, 4) is 0 Å². The van der Waals surface area contributed by atoms with Crippen LogP contribution in [0.3, 0.4) is 0 Å². The van der Waals surface area contributed by atoms with Gasteiger partial charge in [0.05, 0.1) is 15.9 Å². The van der Waals surface area contributed by atoms with E-state index in [1.165, 1.54) is 5.69 Å². The van der Waals surface area contributed by atoms with Gasteiger partial charge in [0.15, 0.2) is 5.82 Å². The molecule has 9 heteroatoms. The maximum absolute atomic E-state index is 4.90. The SMILES string of the molecule is CN1CCN(c2ccc(Nc3nc(N4N=CCC4c4ccccn4)c4sccc4n3)cc2)CC1. The largest absolute Gasteiger partial charge is 0.369 e. The lowest BCUT2D eigenvalue weighted by atomic mass is 10.1. The van der Waals surface area contributed by atoms with Crippen molar-refractivity contribution in [3.63, 3.8) is 0 Å². The van der Waals surface area contributed by atoms with Gasteiger partial charge < -0.3 is 15.1 Å². The first-order valence-corrected chi connectivity index (χ1v) is 12.4. The first-order valence-electron chi connectivity index (χ1n) is 11.5. The quantitative estimate of drug-likeness (QED) is 0.460. The number of hydrogen-bond donors (Lipinski definition) is 1. The van der Waals surface area contributed by atoms with Crippen LogP contribution >= 0.6 is 11.3 Å². The number of hydrogen-bond acceptors (Lipinski definition) is 9. The van der Waals surface area contributed by atoms with Crippen molar-refractivity contribution in [2.45, 2.75) is 12.5 Å². The molecule has 1 atom stereocenters. The normalized spacial score (nSPS) is 18.7. The van der Waals surface area contributed by atoms with Crippen molar-refractivity contribution in [3.05, 3.63) is 65.8 Å². The van der Waals surface area contributed by atoms with E-state index in [1.54, 1.807) is 11.3 Å². The van der Waals surface area contributed by atoms with Gasteiger partial charge in [0.25, 0.3) is 0 Å². The van der Waals surface area contributed by atoms with Crippen LogP contribution in [-0.2, 0) is 0 Å². The summed E-state index contributed by atoms with van der Waals surface area (Å²) in [6.07, 6.45) is 4.56. The summed E-state index contributed by atoms with van der Waals surface area (Å²) in [5.74, 6) is 1.37. The van der Waals surface area contributed by atoms with Crippen molar-refractivity contribution in [1.29, 1.82) is 0 Å². The van der Waals surface area contributed by atoms with Crippen molar-refractivity contribution in [2.75, 3.05) is 48.5 Å². The molecule has 2 aliphatic rings. The zero-order chi connectivity index (χ0) is 22.9. The second-order valence-electron chi connectivity index (χ2n) is 8.62. The number of thiophene rings is 1. The van der Waals surface area contributed by atoms with E-state index in [0.717, 1.165) is 60.0 Å². The number of hydrazone groups is 1. The summed E-state index contributed by atoms with van der Waals surface area (Å²) >= 11 is 1.63. The standard InChI is InChI=1S/C25H26N8S/c1-31-13-15-32(16-14-31)19-7-5-18(6-8-19)28-25-29-21-10-17-34-23(21)24(30-25)33-22(9-12-27-33)20-4-2-3-11-26-20/h2-8,10-12,17,22H,9,13-16H2,1H3,(H,28,29,30). The van der Waals surface area contributed by atoms with E-state index in [1.807, 2.05) is 47.1 Å². The minimum atomic E-state index is 0.0251. The molecule has 0 radical (unpaired) electrons. The Bertz CT molecular complexity index is 1300. The molecular weight excluding hydrogens is 444 g/mol. The third-order valence-electron chi connectivity index (χ3n) is 6.35. The predicted octanol–water partition coefficient (Wildman–Crippen LogP) is 4.52. The third kappa shape index (κ3) is 4.08. The fourth-order valence-electron chi connectivity index (χ4n) is 4.45. The summed E-state index contributed by atoms with van der Waals surface area (Å²) in [4.78, 5) is 19.0. The molecule has 8 nitrogen and oxygen atoms in total. The molecule has 1 aromatic carbocycles. The number of rotatable bonds is 5. The van der Waals surface area contributed by atoms with Crippen LogP contribution < -0.4 is 15.2 Å². The van der Waals surface area contributed by atoms with Gasteiger partial charge in [0.1, 0.15) is 6.04 Å². The van der Waals surface area contributed by atoms with Crippen LogP contribution in [0.4, 0.5) is 23.1 Å². The molecule has 6 rings (SSSR count). The molecule has 2 aliphatic heterocycles. The van der Waals surface area contributed by atoms with E-state index in [2.05, 4.69) is 56.5 Å². The number of aromatic nitrogens is 3. The lowest BCUT2D eigenvalue weighted by Gasteiger charge is -2.34. The summed E-state index contributed by atoms with van der Waals surface area (Å²) in [5, 5.41) is 12.1. The smallest absolute Gasteiger partial charge is 0.229 e. The summed E-state index contributed by atoms with van der Waals surface area (Å²) in [6, 6.07) is 16.6. The highest BCUT2D eigenvalue weighted by molar-refractivity contribution is 7.17. The number of fused-ring (bicyclic) bond motifs is 1. The molecule has 1 unspecified atom stereocenters. The van der Waals surface area contributed by atoms with Gasteiger partial charge in [-0.2, -0.15) is 10.1 Å². The third-order valence-corrected chi connectivity index (χ3v) is 7.25. The van der Waals surface area contributed by atoms with E-state index in [9.17, 15) is 0 Å². The molecule has 5 heterocycles. The van der Waals surface area contributed by atoms with Crippen molar-refractivity contribution >= 4 is 50.9 Å². The van der Waals surface area contributed by atoms with Crippen LogP contribution in [0.15, 0.2) is 65.2 Å². The number of piperazine rings is 1. The van der Waals surface area contributed by atoms with Crippen LogP contribution in [-0.4, -0.2) is 59.3 Å². The van der Waals surface area contributed by atoms with Gasteiger partial charge in [-0.25, -0.2) is 9.99 Å². The molecule has 0 aliphatic carbocycles. The monoisotopic (exact) mass is 470 g/mol. The van der Waals surface area contributed by atoms with Crippen LogP contribution in [0.25, 0.3) is 10.2 Å². The van der Waals surface area contributed by atoms with Crippen LogP contribution in [0, 0.1) is 0 Å². The molecule has 1 fully saturated rings. The first kappa shape index (κ1) is 21.0. The Morgan fingerprint density at radius 1 is 0.971 bits per heavy atom. The molecule has 1 saturated heterocycles. The fourth-order valence-corrected chi connectivity index (χ4v) is 5.26. The number of nitrogens with one attached hydrogen (secondary N) is 1. The molecule has 0 bridgehead atoms. The Morgan fingerprint density at radius 2 is 1.82 bits per heavy atom. The highest BCUT2D eigenvalue weighted by Gasteiger charge is 2.28. The van der Waals surface area contributed by atoms with Gasteiger partial charge in [-0.1, -0.05) is 6.07 Å². The van der Waals surface area contributed by atoms with Crippen molar-refractivity contribution < 1.29 is 0 Å². The van der Waals surface area contributed by atoms with Gasteiger partial charge in [-0.05, 0) is 54.9 Å². The maximum Gasteiger partial charge on any atom is 0.229 e. The summed E-state index contributed by atoms with van der Waals surface area (Å²) in [6.45, 7) is 4.29. The van der Waals surface area contributed by atoms with Gasteiger partial charge >= 0.3 is 0 Å². The lowest BCUT2D eigenvalue weighted by molar-refractivity contribution is 0.313. The zero-order valence-corrected chi connectivity index (χ0v) is 19.8. The molecule has 4 aromatic rings. The molecule has 0 saturated carbocycles. The Labute approximate surface area is 202 Å². The Morgan fingerprint density at radius 3 is 2.62 bits per heavy atom. The van der Waals surface area contributed by atoms with Gasteiger partial charge in [0.2, 0.25) is 5.95 Å². The number of likely N-dealkylation sites (N-methyl/N-ethyl adjacent to an activating group) is 1. The van der Waals surface area contributed by atoms with Crippen LogP contribution in [0.2, 0.25) is 0 Å². The van der Waals surface area contributed by atoms with Gasteiger partial charge in [-0.15, -0.1) is 11.3 Å². The summed E-state index contributed by atoms with van der Waals surface area (Å²) in [5.41, 5.74) is 4.11. The second-order valence-corrected chi connectivity index (χ2v) is 9.53. The zero-order valence-electron chi connectivity index (χ0n) is 19.0. The highest BCUT2D eigenvalue weighted by atomic mass is 32.1. The Balaban J connectivity index is 1.27. The maximum atomic E-state index is 4.90. The highest BCUT2D eigenvalue weighted by Crippen LogP contribution is 2.38. The van der Waals surface area contributed by atoms with E-state index < -0.39 is 0 Å². The first-order chi connectivity index (χ1) is 16.7. The molecule has 0 amide bonds. The van der Waals surface area contributed by atoms with Gasteiger partial charge in [-0.3, -0.25) is 4.98 Å². The minimum absolute atomic E-state index is 0.0251. The minimum Gasteiger partial charge on any atom is -0.369 e. The Hall–Kier alpha value is -3.56. The van der Waals surface area contributed by atoms with Gasteiger partial charge in [0, 0.05) is 56.4 Å². The summed E-state index contributed by atoms with van der Waals surface area (Å²) < 4.78 is 1.02. The second kappa shape index (κ2) is 9.00. The van der Waals surface area contributed by atoms with Crippen molar-refractivity contribution in [2.24, 2.45) is 5.10 Å². The predicted molar refractivity (Wildman–Crippen MR) is 139 cm³/mol. The average Bonchev–Trinajstić information content (AvgIpc) is 3.55. The topological polar surface area (TPSA) is 72.8 Å². The van der Waals surface area contributed by atoms with Crippen LogP contribution in [0.5, 0.6) is 0 Å². The molecule has 172 valence electrons. The molecule has 3 aromatic heterocycles. The van der Waals surface area contributed by atoms with Crippen LogP contribution in [0.1, 0.15) is 18.2 Å². The van der Waals surface area contributed by atoms with Crippen molar-refractivity contribution in [1.82, 2.24) is 19.9 Å². The van der Waals surface area contributed by atoms with E-state index >= 15 is 0 Å².